The molecule has 0 radical (unpaired) electrons. The molecule has 5 rings (SSSR count). The van der Waals surface area contributed by atoms with Crippen LogP contribution in [0.2, 0.25) is 0 Å². The summed E-state index contributed by atoms with van der Waals surface area (Å²) in [7, 11) is 0. The maximum atomic E-state index is 6.76. The Hall–Kier alpha value is -0.0400. The summed E-state index contributed by atoms with van der Waals surface area (Å²) in [6.45, 7) is 4.80. The van der Waals surface area contributed by atoms with Crippen molar-refractivity contribution in [3.63, 3.8) is 0 Å². The van der Waals surface area contributed by atoms with Gasteiger partial charge in [0.25, 0.3) is 0 Å². The Balaban J connectivity index is 1.64. The molecular weight excluding hydrogens is 230 g/mol. The predicted molar refractivity (Wildman–Crippen MR) is 79.7 cm³/mol. The van der Waals surface area contributed by atoms with Crippen LogP contribution in [0.3, 0.4) is 0 Å². The van der Waals surface area contributed by atoms with Gasteiger partial charge in [-0.15, -0.1) is 0 Å². The number of hydrogen-bond acceptors (Lipinski definition) is 1. The Morgan fingerprint density at radius 2 is 1.42 bits per heavy atom. The maximum absolute atomic E-state index is 6.76. The highest BCUT2D eigenvalue weighted by molar-refractivity contribution is 5.14. The van der Waals surface area contributed by atoms with E-state index in [-0.39, 0.29) is 5.54 Å². The lowest BCUT2D eigenvalue weighted by atomic mass is 9.45. The second-order valence-corrected chi connectivity index (χ2v) is 9.20. The predicted octanol–water partition coefficient (Wildman–Crippen LogP) is 4.36. The molecule has 0 aromatic rings. The largest absolute Gasteiger partial charge is 0.325 e. The van der Waals surface area contributed by atoms with Crippen molar-refractivity contribution >= 4 is 0 Å². The van der Waals surface area contributed by atoms with Gasteiger partial charge >= 0.3 is 0 Å². The SMILES string of the molecule is CC(C)CC(C1(N)CC1)C12CC3CC(CC(C3)C1)C2. The molecule has 0 spiro atoms. The third-order valence-corrected chi connectivity index (χ3v) is 7.05. The van der Waals surface area contributed by atoms with Gasteiger partial charge < -0.3 is 5.73 Å². The first-order valence-corrected chi connectivity index (χ1v) is 8.78. The first-order chi connectivity index (χ1) is 8.99. The van der Waals surface area contributed by atoms with Crippen LogP contribution < -0.4 is 5.73 Å². The summed E-state index contributed by atoms with van der Waals surface area (Å²) in [5.74, 6) is 4.88. The van der Waals surface area contributed by atoms with Gasteiger partial charge in [0.15, 0.2) is 0 Å². The topological polar surface area (TPSA) is 26.0 Å². The zero-order valence-electron chi connectivity index (χ0n) is 12.8. The summed E-state index contributed by atoms with van der Waals surface area (Å²) in [5.41, 5.74) is 7.68. The lowest BCUT2D eigenvalue weighted by Crippen LogP contribution is -2.54. The van der Waals surface area contributed by atoms with Gasteiger partial charge in [-0.3, -0.25) is 0 Å². The smallest absolute Gasteiger partial charge is 0.0189 e. The minimum atomic E-state index is 0.246. The minimum Gasteiger partial charge on any atom is -0.325 e. The van der Waals surface area contributed by atoms with Crippen molar-refractivity contribution in [1.82, 2.24) is 0 Å². The summed E-state index contributed by atoms with van der Waals surface area (Å²) in [5, 5.41) is 0. The summed E-state index contributed by atoms with van der Waals surface area (Å²) in [4.78, 5) is 0. The molecule has 1 atom stereocenters. The van der Waals surface area contributed by atoms with E-state index in [0.29, 0.717) is 5.41 Å². The molecule has 1 unspecified atom stereocenters. The van der Waals surface area contributed by atoms with E-state index in [0.717, 1.165) is 29.6 Å². The van der Waals surface area contributed by atoms with Gasteiger partial charge in [0, 0.05) is 5.54 Å². The van der Waals surface area contributed by atoms with E-state index >= 15 is 0 Å². The van der Waals surface area contributed by atoms with Crippen molar-refractivity contribution < 1.29 is 0 Å². The first kappa shape index (κ1) is 12.7. The molecule has 1 nitrogen and oxygen atoms in total. The molecule has 0 heterocycles. The van der Waals surface area contributed by atoms with Crippen molar-refractivity contribution in [2.45, 2.75) is 77.2 Å². The third-order valence-electron chi connectivity index (χ3n) is 7.05. The molecule has 1 heteroatoms. The van der Waals surface area contributed by atoms with E-state index in [2.05, 4.69) is 13.8 Å². The molecule has 0 saturated heterocycles. The first-order valence-electron chi connectivity index (χ1n) is 8.78. The van der Waals surface area contributed by atoms with Crippen LogP contribution in [0.5, 0.6) is 0 Å². The highest BCUT2D eigenvalue weighted by atomic mass is 14.9. The molecule has 19 heavy (non-hydrogen) atoms. The summed E-state index contributed by atoms with van der Waals surface area (Å²) >= 11 is 0. The standard InChI is InChI=1S/C18H31N/c1-12(2)5-16(18(19)3-4-18)17-9-13-6-14(10-17)8-15(7-13)11-17/h12-16H,3-11,19H2,1-2H3. The third kappa shape index (κ3) is 1.99. The van der Waals surface area contributed by atoms with Crippen molar-refractivity contribution in [3.05, 3.63) is 0 Å². The average Bonchev–Trinajstić information content (AvgIpc) is 3.03. The highest BCUT2D eigenvalue weighted by Crippen LogP contribution is 2.67. The Morgan fingerprint density at radius 3 is 1.79 bits per heavy atom. The minimum absolute atomic E-state index is 0.246. The molecule has 5 aliphatic carbocycles. The van der Waals surface area contributed by atoms with Gasteiger partial charge in [-0.25, -0.2) is 0 Å². The lowest BCUT2D eigenvalue weighted by Gasteiger charge is -2.61. The quantitative estimate of drug-likeness (QED) is 0.799. The van der Waals surface area contributed by atoms with E-state index in [1.807, 2.05) is 0 Å². The molecule has 0 amide bonds. The zero-order chi connectivity index (χ0) is 13.3. The van der Waals surface area contributed by atoms with Crippen LogP contribution in [-0.4, -0.2) is 5.54 Å². The summed E-state index contributed by atoms with van der Waals surface area (Å²) in [6.07, 6.45) is 13.3. The number of nitrogens with two attached hydrogens (primary N) is 1. The van der Waals surface area contributed by atoms with Crippen LogP contribution in [0.4, 0.5) is 0 Å². The fourth-order valence-electron chi connectivity index (χ4n) is 6.66. The van der Waals surface area contributed by atoms with Gasteiger partial charge in [-0.2, -0.15) is 0 Å². The van der Waals surface area contributed by atoms with Crippen LogP contribution in [0.15, 0.2) is 0 Å². The van der Waals surface area contributed by atoms with Crippen molar-refractivity contribution in [2.75, 3.05) is 0 Å². The molecule has 108 valence electrons. The Kier molecular flexibility index (Phi) is 2.67. The van der Waals surface area contributed by atoms with Gasteiger partial charge in [0.2, 0.25) is 0 Å². The molecule has 0 aliphatic heterocycles. The van der Waals surface area contributed by atoms with E-state index in [1.54, 1.807) is 19.3 Å². The second-order valence-electron chi connectivity index (χ2n) is 9.20. The van der Waals surface area contributed by atoms with Crippen LogP contribution in [0, 0.1) is 35.0 Å². The van der Waals surface area contributed by atoms with Gasteiger partial charge in [-0.05, 0) is 92.8 Å². The molecule has 2 N–H and O–H groups in total. The van der Waals surface area contributed by atoms with Crippen LogP contribution in [-0.2, 0) is 0 Å². The van der Waals surface area contributed by atoms with Crippen molar-refractivity contribution in [1.29, 1.82) is 0 Å². The maximum Gasteiger partial charge on any atom is 0.0189 e. The van der Waals surface area contributed by atoms with Crippen LogP contribution in [0.25, 0.3) is 0 Å². The summed E-state index contributed by atoms with van der Waals surface area (Å²) < 4.78 is 0. The zero-order valence-corrected chi connectivity index (χ0v) is 12.8. The Bertz CT molecular complexity index is 331. The van der Waals surface area contributed by atoms with Crippen LogP contribution >= 0.6 is 0 Å². The molecule has 5 fully saturated rings. The van der Waals surface area contributed by atoms with E-state index in [4.69, 9.17) is 5.73 Å². The lowest BCUT2D eigenvalue weighted by molar-refractivity contribution is -0.100. The van der Waals surface area contributed by atoms with E-state index in [9.17, 15) is 0 Å². The molecular formula is C18H31N. The Labute approximate surface area is 118 Å². The molecule has 5 aliphatic rings. The second kappa shape index (κ2) is 4.00. The fraction of sp³-hybridized carbons (Fsp3) is 1.00. The summed E-state index contributed by atoms with van der Waals surface area (Å²) in [6, 6.07) is 0. The molecule has 4 bridgehead atoms. The average molecular weight is 261 g/mol. The fourth-order valence-corrected chi connectivity index (χ4v) is 6.66. The molecule has 5 saturated carbocycles. The van der Waals surface area contributed by atoms with Gasteiger partial charge in [0.05, 0.1) is 0 Å². The molecule has 0 aromatic carbocycles. The molecule has 0 aromatic heterocycles. The Morgan fingerprint density at radius 1 is 0.947 bits per heavy atom. The van der Waals surface area contributed by atoms with Crippen LogP contribution in [0.1, 0.15) is 71.6 Å². The van der Waals surface area contributed by atoms with Crippen molar-refractivity contribution in [3.8, 4) is 0 Å². The highest BCUT2D eigenvalue weighted by Gasteiger charge is 2.60. The van der Waals surface area contributed by atoms with E-state index in [1.165, 1.54) is 38.5 Å². The van der Waals surface area contributed by atoms with E-state index < -0.39 is 0 Å². The normalized spacial score (nSPS) is 47.7. The number of rotatable bonds is 4. The monoisotopic (exact) mass is 261 g/mol. The van der Waals surface area contributed by atoms with Gasteiger partial charge in [-0.1, -0.05) is 13.8 Å². The van der Waals surface area contributed by atoms with Crippen molar-refractivity contribution in [2.24, 2.45) is 40.7 Å². The van der Waals surface area contributed by atoms with Gasteiger partial charge in [0.1, 0.15) is 0 Å². The number of hydrogen-bond donors (Lipinski definition) is 1.